The minimum absolute atomic E-state index is 0.0261. The van der Waals surface area contributed by atoms with Crippen molar-refractivity contribution in [3.8, 4) is 0 Å². The molecule has 0 rings (SSSR count). The van der Waals surface area contributed by atoms with Gasteiger partial charge in [-0.2, -0.15) is 9.81 Å². The lowest BCUT2D eigenvalue weighted by Crippen LogP contribution is -2.26. The summed E-state index contributed by atoms with van der Waals surface area (Å²) >= 11 is 0. The highest BCUT2D eigenvalue weighted by Gasteiger charge is 2.08. The highest BCUT2D eigenvalue weighted by molar-refractivity contribution is 4.70. The van der Waals surface area contributed by atoms with Crippen molar-refractivity contribution in [1.82, 2.24) is 4.90 Å². The van der Waals surface area contributed by atoms with Crippen LogP contribution >= 0.6 is 0 Å². The van der Waals surface area contributed by atoms with Gasteiger partial charge in [-0.3, -0.25) is 0 Å². The molecule has 0 aromatic carbocycles. The van der Waals surface area contributed by atoms with E-state index in [0.717, 1.165) is 0 Å². The molecule has 0 saturated carbocycles. The van der Waals surface area contributed by atoms with Crippen molar-refractivity contribution in [1.29, 1.82) is 0 Å². The summed E-state index contributed by atoms with van der Waals surface area (Å²) in [5.74, 6) is 0. The minimum atomic E-state index is -0.493. The molecular weight excluding hydrogens is 134 g/mol. The standard InChI is InChI=1S/C5H11N3O2/c1-8(2)4-5(7-10)3-6-9/h5H,3-4H2,1-2H3. The summed E-state index contributed by atoms with van der Waals surface area (Å²) in [6.45, 7) is 0.455. The summed E-state index contributed by atoms with van der Waals surface area (Å²) in [5.41, 5.74) is 0. The molecule has 5 heteroatoms. The van der Waals surface area contributed by atoms with Crippen LogP contribution in [-0.2, 0) is 0 Å². The lowest BCUT2D eigenvalue weighted by molar-refractivity contribution is 0.375. The third-order valence-corrected chi connectivity index (χ3v) is 1.01. The number of likely N-dealkylation sites (N-methyl/N-ethyl adjacent to an activating group) is 1. The molecule has 58 valence electrons. The summed E-state index contributed by atoms with van der Waals surface area (Å²) < 4.78 is 0. The van der Waals surface area contributed by atoms with Crippen LogP contribution < -0.4 is 0 Å². The molecule has 5 nitrogen and oxygen atoms in total. The van der Waals surface area contributed by atoms with Gasteiger partial charge in [0.2, 0.25) is 0 Å². The molecule has 0 radical (unpaired) electrons. The van der Waals surface area contributed by atoms with Crippen LogP contribution in [0.3, 0.4) is 0 Å². The van der Waals surface area contributed by atoms with Gasteiger partial charge >= 0.3 is 0 Å². The van der Waals surface area contributed by atoms with Gasteiger partial charge in [0.05, 0.1) is 0 Å². The first-order chi connectivity index (χ1) is 4.70. The Morgan fingerprint density at radius 2 is 2.00 bits per heavy atom. The van der Waals surface area contributed by atoms with Crippen molar-refractivity contribution in [2.45, 2.75) is 6.04 Å². The van der Waals surface area contributed by atoms with Gasteiger partial charge in [-0.1, -0.05) is 10.4 Å². The van der Waals surface area contributed by atoms with E-state index in [1.165, 1.54) is 0 Å². The maximum absolute atomic E-state index is 9.95. The molecule has 0 fully saturated rings. The molecule has 0 N–H and O–H groups in total. The third-order valence-electron chi connectivity index (χ3n) is 1.01. The van der Waals surface area contributed by atoms with Crippen molar-refractivity contribution < 1.29 is 0 Å². The predicted molar refractivity (Wildman–Crippen MR) is 38.8 cm³/mol. The lowest BCUT2D eigenvalue weighted by Gasteiger charge is -2.10. The maximum atomic E-state index is 9.95. The Morgan fingerprint density at radius 3 is 2.30 bits per heavy atom. The fourth-order valence-electron chi connectivity index (χ4n) is 0.632. The van der Waals surface area contributed by atoms with E-state index in [9.17, 15) is 9.81 Å². The van der Waals surface area contributed by atoms with E-state index in [1.807, 2.05) is 14.1 Å². The van der Waals surface area contributed by atoms with Gasteiger partial charge in [-0.25, -0.2) is 0 Å². The average Bonchev–Trinajstić information content (AvgIpc) is 1.86. The Hall–Kier alpha value is -0.840. The first-order valence-corrected chi connectivity index (χ1v) is 2.97. The number of rotatable bonds is 5. The van der Waals surface area contributed by atoms with Crippen molar-refractivity contribution >= 4 is 0 Å². The largest absolute Gasteiger partial charge is 0.307 e. The Kier molecular flexibility index (Phi) is 4.57. The zero-order chi connectivity index (χ0) is 7.98. The van der Waals surface area contributed by atoms with E-state index in [1.54, 1.807) is 4.90 Å². The fourth-order valence-corrected chi connectivity index (χ4v) is 0.632. The van der Waals surface area contributed by atoms with Gasteiger partial charge in [-0.15, -0.1) is 0 Å². The minimum Gasteiger partial charge on any atom is -0.307 e. The number of hydrogen-bond acceptors (Lipinski definition) is 5. The molecule has 0 aliphatic heterocycles. The number of hydrogen-bond donors (Lipinski definition) is 0. The lowest BCUT2D eigenvalue weighted by atomic mass is 10.3. The second-order valence-corrected chi connectivity index (χ2v) is 2.33. The number of nitrogens with zero attached hydrogens (tertiary/aromatic N) is 3. The molecule has 1 unspecified atom stereocenters. The van der Waals surface area contributed by atoms with Gasteiger partial charge in [0, 0.05) is 6.54 Å². The van der Waals surface area contributed by atoms with Crippen LogP contribution in [0.4, 0.5) is 0 Å². The SMILES string of the molecule is CN(C)CC(CN=O)N=O. The maximum Gasteiger partial charge on any atom is 0.127 e. The first-order valence-electron chi connectivity index (χ1n) is 2.97. The molecule has 0 aliphatic rings. The topological polar surface area (TPSA) is 62.1 Å². The van der Waals surface area contributed by atoms with E-state index in [0.29, 0.717) is 6.54 Å². The molecule has 0 aromatic rings. The van der Waals surface area contributed by atoms with Gasteiger partial charge < -0.3 is 4.90 Å². The van der Waals surface area contributed by atoms with Crippen LogP contribution in [0.15, 0.2) is 10.4 Å². The molecule has 10 heavy (non-hydrogen) atoms. The van der Waals surface area contributed by atoms with E-state index in [-0.39, 0.29) is 6.54 Å². The Bertz CT molecular complexity index is 115. The molecule has 0 aromatic heterocycles. The summed E-state index contributed by atoms with van der Waals surface area (Å²) in [7, 11) is 3.62. The van der Waals surface area contributed by atoms with E-state index < -0.39 is 6.04 Å². The van der Waals surface area contributed by atoms with Gasteiger partial charge in [-0.05, 0) is 14.1 Å². The Labute approximate surface area is 59.3 Å². The molecule has 0 amide bonds. The van der Waals surface area contributed by atoms with Gasteiger partial charge in [0.15, 0.2) is 0 Å². The second-order valence-electron chi connectivity index (χ2n) is 2.33. The third kappa shape index (κ3) is 4.08. The van der Waals surface area contributed by atoms with Crippen molar-refractivity contribution in [3.63, 3.8) is 0 Å². The highest BCUT2D eigenvalue weighted by Crippen LogP contribution is 1.92. The summed E-state index contributed by atoms with van der Waals surface area (Å²) in [5, 5.41) is 5.32. The molecule has 0 saturated heterocycles. The van der Waals surface area contributed by atoms with E-state index in [4.69, 9.17) is 0 Å². The van der Waals surface area contributed by atoms with Crippen LogP contribution in [0.25, 0.3) is 0 Å². The van der Waals surface area contributed by atoms with Crippen LogP contribution in [0.2, 0.25) is 0 Å². The molecule has 0 bridgehead atoms. The van der Waals surface area contributed by atoms with Crippen LogP contribution in [0.5, 0.6) is 0 Å². The zero-order valence-electron chi connectivity index (χ0n) is 6.15. The first kappa shape index (κ1) is 9.16. The summed E-state index contributed by atoms with van der Waals surface area (Å²) in [6, 6.07) is -0.493. The fraction of sp³-hybridized carbons (Fsp3) is 1.00. The average molecular weight is 145 g/mol. The molecule has 0 spiro atoms. The summed E-state index contributed by atoms with van der Waals surface area (Å²) in [6.07, 6.45) is 0. The Balaban J connectivity index is 3.59. The van der Waals surface area contributed by atoms with Crippen LogP contribution in [0.1, 0.15) is 0 Å². The number of nitroso groups, excluding NO2 is 2. The van der Waals surface area contributed by atoms with Crippen molar-refractivity contribution in [3.05, 3.63) is 9.81 Å². The van der Waals surface area contributed by atoms with Crippen LogP contribution in [-0.4, -0.2) is 38.1 Å². The highest BCUT2D eigenvalue weighted by atomic mass is 16.3. The second kappa shape index (κ2) is 4.99. The molecule has 1 atom stereocenters. The Morgan fingerprint density at radius 1 is 1.40 bits per heavy atom. The molecule has 0 aliphatic carbocycles. The molecular formula is C5H11N3O2. The quantitative estimate of drug-likeness (QED) is 0.527. The monoisotopic (exact) mass is 145 g/mol. The van der Waals surface area contributed by atoms with Crippen LogP contribution in [0, 0.1) is 9.81 Å². The van der Waals surface area contributed by atoms with E-state index in [2.05, 4.69) is 10.4 Å². The predicted octanol–water partition coefficient (Wildman–Crippen LogP) is 0.449. The van der Waals surface area contributed by atoms with Gasteiger partial charge in [0.25, 0.3) is 0 Å². The van der Waals surface area contributed by atoms with Crippen molar-refractivity contribution in [2.75, 3.05) is 27.2 Å². The van der Waals surface area contributed by atoms with E-state index >= 15 is 0 Å². The summed E-state index contributed by atoms with van der Waals surface area (Å²) in [4.78, 5) is 21.4. The van der Waals surface area contributed by atoms with Crippen molar-refractivity contribution in [2.24, 2.45) is 10.4 Å². The molecule has 0 heterocycles. The normalized spacial score (nSPS) is 13.1. The zero-order valence-corrected chi connectivity index (χ0v) is 6.15. The smallest absolute Gasteiger partial charge is 0.127 e. The van der Waals surface area contributed by atoms with Gasteiger partial charge in [0.1, 0.15) is 12.6 Å².